The van der Waals surface area contributed by atoms with Gasteiger partial charge in [-0.25, -0.2) is 0 Å². The number of rotatable bonds is 0. The van der Waals surface area contributed by atoms with Crippen LogP contribution in [0.15, 0.2) is 0 Å². The molecule has 2 fully saturated rings. The van der Waals surface area contributed by atoms with Crippen molar-refractivity contribution in [3.05, 3.63) is 59.2 Å². The van der Waals surface area contributed by atoms with E-state index in [4.69, 9.17) is 0 Å². The summed E-state index contributed by atoms with van der Waals surface area (Å²) in [6.07, 6.45) is 0. The summed E-state index contributed by atoms with van der Waals surface area (Å²) in [6, 6.07) is 0. The Hall–Kier alpha value is 1.23. The van der Waals surface area contributed by atoms with Gasteiger partial charge in [0.25, 0.3) is 0 Å². The van der Waals surface area contributed by atoms with Crippen molar-refractivity contribution >= 4 is 0 Å². The predicted octanol–water partition coefficient (Wildman–Crippen LogP) is -0.0506. The van der Waals surface area contributed by atoms with E-state index in [1.807, 2.05) is 0 Å². The SMILES string of the molecule is C[C]1[C](C)[C](C)[C](C)[C]1C.C[C]1[C](C)[C](C)[C](C)[C]1C.[Cl-].[Cl-].[Ir+3]. The fourth-order valence-electron chi connectivity index (χ4n) is 2.81. The number of hydrogen-bond acceptors (Lipinski definition) is 0. The van der Waals surface area contributed by atoms with Crippen LogP contribution in [0.25, 0.3) is 0 Å². The first-order valence-electron chi connectivity index (χ1n) is 7.50. The third-order valence-electron chi connectivity index (χ3n) is 5.62. The first-order valence-corrected chi connectivity index (χ1v) is 7.50. The van der Waals surface area contributed by atoms with E-state index in [0.717, 1.165) is 0 Å². The monoisotopic (exact) mass is 533 g/mol. The molecule has 0 bridgehead atoms. The Bertz CT molecular complexity index is 190. The van der Waals surface area contributed by atoms with E-state index in [1.165, 1.54) is 59.2 Å². The molecule has 2 aliphatic rings. The van der Waals surface area contributed by atoms with Gasteiger partial charge in [-0.15, -0.1) is 0 Å². The molecule has 0 atom stereocenters. The van der Waals surface area contributed by atoms with E-state index in [2.05, 4.69) is 69.2 Å². The molecule has 0 nitrogen and oxygen atoms in total. The Morgan fingerprint density at radius 3 is 0.348 bits per heavy atom. The minimum Gasteiger partial charge on any atom is -1.00 e. The molecule has 0 aromatic heterocycles. The van der Waals surface area contributed by atoms with Crippen molar-refractivity contribution in [1.29, 1.82) is 0 Å². The zero-order chi connectivity index (χ0) is 15.8. The second kappa shape index (κ2) is 11.8. The van der Waals surface area contributed by atoms with Crippen molar-refractivity contribution in [2.45, 2.75) is 69.2 Å². The molecule has 2 aliphatic carbocycles. The molecule has 0 saturated heterocycles. The molecule has 0 N–H and O–H groups in total. The zero-order valence-electron chi connectivity index (χ0n) is 16.1. The molecule has 0 aromatic carbocycles. The second-order valence-electron chi connectivity index (χ2n) is 6.25. The third-order valence-corrected chi connectivity index (χ3v) is 5.62. The van der Waals surface area contributed by atoms with E-state index >= 15 is 0 Å². The summed E-state index contributed by atoms with van der Waals surface area (Å²) in [4.78, 5) is 0. The van der Waals surface area contributed by atoms with Gasteiger partial charge in [0.15, 0.2) is 0 Å². The van der Waals surface area contributed by atoms with Crippen LogP contribution in [0.4, 0.5) is 0 Å². The molecule has 0 aromatic rings. The first kappa shape index (κ1) is 29.0. The van der Waals surface area contributed by atoms with Gasteiger partial charge in [0.1, 0.15) is 0 Å². The molecule has 0 aliphatic heterocycles. The van der Waals surface area contributed by atoms with Crippen LogP contribution in [0.3, 0.4) is 0 Å². The summed E-state index contributed by atoms with van der Waals surface area (Å²) in [7, 11) is 0. The largest absolute Gasteiger partial charge is 3.00 e. The van der Waals surface area contributed by atoms with Crippen LogP contribution in [0.2, 0.25) is 0 Å². The summed E-state index contributed by atoms with van der Waals surface area (Å²) < 4.78 is 0. The Balaban J connectivity index is -0.000000308. The maximum absolute atomic E-state index is 2.20. The van der Waals surface area contributed by atoms with Crippen LogP contribution in [0.1, 0.15) is 69.2 Å². The molecule has 132 valence electrons. The molecule has 0 amide bonds. The average Bonchev–Trinajstić information content (AvgIpc) is 2.71. The van der Waals surface area contributed by atoms with E-state index in [0.29, 0.717) is 0 Å². The minimum absolute atomic E-state index is 0. The Morgan fingerprint density at radius 1 is 0.261 bits per heavy atom. The van der Waals surface area contributed by atoms with Crippen LogP contribution in [-0.2, 0) is 20.1 Å². The van der Waals surface area contributed by atoms with Crippen molar-refractivity contribution in [3.8, 4) is 0 Å². The molecule has 0 spiro atoms. The molecular formula is C20H30Cl2Ir+. The Labute approximate surface area is 172 Å². The van der Waals surface area contributed by atoms with Gasteiger partial charge in [-0.05, 0) is 59.2 Å². The van der Waals surface area contributed by atoms with E-state index < -0.39 is 0 Å². The van der Waals surface area contributed by atoms with Gasteiger partial charge in [0.05, 0.1) is 0 Å². The number of halogens is 2. The first-order chi connectivity index (χ1) is 9.11. The van der Waals surface area contributed by atoms with Crippen molar-refractivity contribution in [1.82, 2.24) is 0 Å². The summed E-state index contributed by atoms with van der Waals surface area (Å²) in [5, 5.41) is 0. The van der Waals surface area contributed by atoms with E-state index in [9.17, 15) is 0 Å². The molecular weight excluding hydrogens is 503 g/mol. The predicted molar refractivity (Wildman–Crippen MR) is 89.2 cm³/mol. The molecule has 0 unspecified atom stereocenters. The van der Waals surface area contributed by atoms with Gasteiger partial charge in [-0.3, -0.25) is 0 Å². The van der Waals surface area contributed by atoms with Gasteiger partial charge < -0.3 is 24.8 Å². The quantitative estimate of drug-likeness (QED) is 0.410. The molecule has 2 saturated carbocycles. The Kier molecular flexibility index (Phi) is 14.8. The van der Waals surface area contributed by atoms with Gasteiger partial charge in [-0.1, -0.05) is 69.2 Å². The standard InChI is InChI=1S/2C10H15.2ClH.Ir/c2*1-6-7(2)9(4)10(5)8(6)3;;;/h2*1-5H3;2*1H;/q;;;;+3/p-2. The maximum atomic E-state index is 2.20. The Morgan fingerprint density at radius 2 is 0.304 bits per heavy atom. The van der Waals surface area contributed by atoms with Crippen LogP contribution >= 0.6 is 0 Å². The van der Waals surface area contributed by atoms with E-state index in [1.54, 1.807) is 0 Å². The number of hydrogen-bond donors (Lipinski definition) is 0. The average molecular weight is 534 g/mol. The van der Waals surface area contributed by atoms with Gasteiger partial charge in [-0.2, -0.15) is 0 Å². The van der Waals surface area contributed by atoms with Gasteiger partial charge >= 0.3 is 20.1 Å². The van der Waals surface area contributed by atoms with Crippen molar-refractivity contribution in [3.63, 3.8) is 0 Å². The third kappa shape index (κ3) is 6.16. The maximum Gasteiger partial charge on any atom is 3.00 e. The molecule has 10 radical (unpaired) electrons. The molecule has 23 heavy (non-hydrogen) atoms. The molecule has 2 rings (SSSR count). The van der Waals surface area contributed by atoms with E-state index in [-0.39, 0.29) is 44.9 Å². The minimum atomic E-state index is 0. The van der Waals surface area contributed by atoms with Gasteiger partial charge in [0, 0.05) is 0 Å². The zero-order valence-corrected chi connectivity index (χ0v) is 20.0. The van der Waals surface area contributed by atoms with Crippen LogP contribution in [0, 0.1) is 59.2 Å². The van der Waals surface area contributed by atoms with Crippen LogP contribution in [0.5, 0.6) is 0 Å². The fraction of sp³-hybridized carbons (Fsp3) is 0.500. The topological polar surface area (TPSA) is 0 Å². The fourth-order valence-corrected chi connectivity index (χ4v) is 2.81. The van der Waals surface area contributed by atoms with Crippen LogP contribution in [-0.4, -0.2) is 0 Å². The van der Waals surface area contributed by atoms with Crippen molar-refractivity contribution in [2.75, 3.05) is 0 Å². The summed E-state index contributed by atoms with van der Waals surface area (Å²) in [6.45, 7) is 22.0. The van der Waals surface area contributed by atoms with Gasteiger partial charge in [0.2, 0.25) is 0 Å². The molecule has 0 heterocycles. The smallest absolute Gasteiger partial charge is 1.00 e. The summed E-state index contributed by atoms with van der Waals surface area (Å²) in [5.41, 5.74) is 0. The van der Waals surface area contributed by atoms with Crippen molar-refractivity contribution in [2.24, 2.45) is 0 Å². The van der Waals surface area contributed by atoms with Crippen molar-refractivity contribution < 1.29 is 44.9 Å². The molecule has 3 heteroatoms. The second-order valence-corrected chi connectivity index (χ2v) is 6.25. The van der Waals surface area contributed by atoms with Crippen LogP contribution < -0.4 is 24.8 Å². The summed E-state index contributed by atoms with van der Waals surface area (Å²) >= 11 is 0. The normalized spacial score (nSPS) is 24.8. The summed E-state index contributed by atoms with van der Waals surface area (Å²) in [5.74, 6) is 14.7.